The van der Waals surface area contributed by atoms with Gasteiger partial charge in [-0.3, -0.25) is 9.59 Å². The van der Waals surface area contributed by atoms with Crippen LogP contribution in [-0.2, 0) is 6.54 Å². The molecule has 0 saturated heterocycles. The third-order valence-corrected chi connectivity index (χ3v) is 5.51. The van der Waals surface area contributed by atoms with Crippen molar-refractivity contribution in [2.24, 2.45) is 5.92 Å². The average Bonchev–Trinajstić information content (AvgIpc) is 2.66. The Bertz CT molecular complexity index is 832. The van der Waals surface area contributed by atoms with Crippen LogP contribution in [0, 0.1) is 12.8 Å². The van der Waals surface area contributed by atoms with Crippen LogP contribution in [0.15, 0.2) is 29.1 Å². The topological polar surface area (TPSA) is 51.1 Å². The Morgan fingerprint density at radius 3 is 2.69 bits per heavy atom. The maximum atomic E-state index is 13.0. The first-order chi connectivity index (χ1) is 12.6. The average molecular weight is 354 g/mol. The summed E-state index contributed by atoms with van der Waals surface area (Å²) in [6.45, 7) is 5.39. The highest BCUT2D eigenvalue weighted by Gasteiger charge is 2.18. The molecule has 0 unspecified atom stereocenters. The van der Waals surface area contributed by atoms with Crippen molar-refractivity contribution in [1.29, 1.82) is 0 Å². The highest BCUT2D eigenvalue weighted by Crippen LogP contribution is 2.23. The molecule has 0 atom stereocenters. The van der Waals surface area contributed by atoms with Crippen molar-refractivity contribution in [2.45, 2.75) is 65.3 Å². The Hall–Kier alpha value is -2.10. The van der Waals surface area contributed by atoms with Crippen LogP contribution in [0.2, 0.25) is 0 Å². The van der Waals surface area contributed by atoms with Gasteiger partial charge in [0, 0.05) is 18.5 Å². The molecule has 140 valence electrons. The summed E-state index contributed by atoms with van der Waals surface area (Å²) in [5.74, 6) is 0.456. The summed E-state index contributed by atoms with van der Waals surface area (Å²) in [7, 11) is 0. The second kappa shape index (κ2) is 8.52. The fourth-order valence-electron chi connectivity index (χ4n) is 3.91. The lowest BCUT2D eigenvalue weighted by molar-refractivity contribution is 0.0933. The molecule has 1 amide bonds. The Morgan fingerprint density at radius 1 is 1.19 bits per heavy atom. The van der Waals surface area contributed by atoms with E-state index in [0.717, 1.165) is 23.8 Å². The molecule has 0 spiro atoms. The number of nitrogens with zero attached hydrogens (tertiary/aromatic N) is 1. The Kier molecular flexibility index (Phi) is 6.12. The molecule has 2 aromatic rings. The molecule has 1 aromatic carbocycles. The van der Waals surface area contributed by atoms with E-state index in [4.69, 9.17) is 0 Å². The number of aryl methyl sites for hydroxylation is 1. The van der Waals surface area contributed by atoms with E-state index in [1.165, 1.54) is 32.1 Å². The van der Waals surface area contributed by atoms with E-state index >= 15 is 0 Å². The first kappa shape index (κ1) is 18.7. The van der Waals surface area contributed by atoms with Crippen LogP contribution in [-0.4, -0.2) is 17.0 Å². The second-order valence-electron chi connectivity index (χ2n) is 7.64. The molecule has 26 heavy (non-hydrogen) atoms. The Balaban J connectivity index is 1.90. The van der Waals surface area contributed by atoms with Crippen molar-refractivity contribution in [1.82, 2.24) is 9.88 Å². The summed E-state index contributed by atoms with van der Waals surface area (Å²) in [6.07, 6.45) is 8.10. The molecule has 1 saturated carbocycles. The van der Waals surface area contributed by atoms with E-state index in [1.54, 1.807) is 4.57 Å². The maximum absolute atomic E-state index is 13.0. The van der Waals surface area contributed by atoms with Gasteiger partial charge in [0.15, 0.2) is 0 Å². The first-order valence-corrected chi connectivity index (χ1v) is 10.0. The van der Waals surface area contributed by atoms with E-state index < -0.39 is 0 Å². The third-order valence-electron chi connectivity index (χ3n) is 5.51. The minimum absolute atomic E-state index is 0.0533. The van der Waals surface area contributed by atoms with Crippen LogP contribution in [0.1, 0.15) is 67.9 Å². The van der Waals surface area contributed by atoms with Gasteiger partial charge in [-0.25, -0.2) is 0 Å². The molecule has 1 fully saturated rings. The molecule has 1 aliphatic carbocycles. The van der Waals surface area contributed by atoms with Crippen molar-refractivity contribution in [2.75, 3.05) is 6.54 Å². The molecule has 1 heterocycles. The minimum Gasteiger partial charge on any atom is -0.350 e. The molecule has 0 bridgehead atoms. The van der Waals surface area contributed by atoms with Gasteiger partial charge in [0.05, 0.1) is 0 Å². The molecule has 0 radical (unpaired) electrons. The van der Waals surface area contributed by atoms with E-state index in [0.29, 0.717) is 30.1 Å². The lowest BCUT2D eigenvalue weighted by atomic mass is 9.89. The number of carbonyl (C=O) groups is 1. The molecule has 1 aromatic heterocycles. The van der Waals surface area contributed by atoms with Crippen LogP contribution in [0.5, 0.6) is 0 Å². The number of rotatable bonds is 6. The van der Waals surface area contributed by atoms with Gasteiger partial charge in [-0.2, -0.15) is 0 Å². The van der Waals surface area contributed by atoms with E-state index in [1.807, 2.05) is 31.2 Å². The largest absolute Gasteiger partial charge is 0.350 e. The molecule has 3 rings (SSSR count). The molecule has 1 aliphatic rings. The number of benzene rings is 1. The second-order valence-corrected chi connectivity index (χ2v) is 7.64. The predicted octanol–water partition coefficient (Wildman–Crippen LogP) is 4.42. The van der Waals surface area contributed by atoms with Crippen LogP contribution >= 0.6 is 0 Å². The monoisotopic (exact) mass is 354 g/mol. The fourth-order valence-corrected chi connectivity index (χ4v) is 3.91. The van der Waals surface area contributed by atoms with Crippen LogP contribution in [0.3, 0.4) is 0 Å². The smallest absolute Gasteiger partial charge is 0.268 e. The maximum Gasteiger partial charge on any atom is 0.268 e. The van der Waals surface area contributed by atoms with Gasteiger partial charge in [-0.15, -0.1) is 0 Å². The van der Waals surface area contributed by atoms with E-state index in [2.05, 4.69) is 12.2 Å². The number of amides is 1. The van der Waals surface area contributed by atoms with Crippen molar-refractivity contribution >= 4 is 16.7 Å². The predicted molar refractivity (Wildman–Crippen MR) is 107 cm³/mol. The van der Waals surface area contributed by atoms with Gasteiger partial charge in [-0.1, -0.05) is 50.3 Å². The number of fused-ring (bicyclic) bond motifs is 1. The van der Waals surface area contributed by atoms with Crippen LogP contribution < -0.4 is 10.9 Å². The summed E-state index contributed by atoms with van der Waals surface area (Å²) in [6, 6.07) is 7.72. The summed E-state index contributed by atoms with van der Waals surface area (Å²) < 4.78 is 1.67. The highest BCUT2D eigenvalue weighted by atomic mass is 16.2. The molecule has 1 N–H and O–H groups in total. The van der Waals surface area contributed by atoms with Crippen LogP contribution in [0.4, 0.5) is 0 Å². The normalized spacial score (nSPS) is 15.3. The third kappa shape index (κ3) is 4.17. The zero-order valence-electron chi connectivity index (χ0n) is 16.0. The van der Waals surface area contributed by atoms with Gasteiger partial charge >= 0.3 is 0 Å². The molecular weight excluding hydrogens is 324 g/mol. The summed E-state index contributed by atoms with van der Waals surface area (Å²) in [5, 5.41) is 4.63. The van der Waals surface area contributed by atoms with E-state index in [-0.39, 0.29) is 11.5 Å². The van der Waals surface area contributed by atoms with Crippen molar-refractivity contribution in [3.8, 4) is 0 Å². The number of unbranched alkanes of at least 4 members (excludes halogenated alkanes) is 1. The highest BCUT2D eigenvalue weighted by molar-refractivity contribution is 5.96. The molecule has 4 nitrogen and oxygen atoms in total. The van der Waals surface area contributed by atoms with Crippen molar-refractivity contribution < 1.29 is 4.79 Å². The number of carbonyl (C=O) groups excluding carboxylic acids is 1. The van der Waals surface area contributed by atoms with E-state index in [9.17, 15) is 9.59 Å². The summed E-state index contributed by atoms with van der Waals surface area (Å²) in [5.41, 5.74) is 1.50. The first-order valence-electron chi connectivity index (χ1n) is 10.0. The van der Waals surface area contributed by atoms with Crippen molar-refractivity contribution in [3.63, 3.8) is 0 Å². The number of nitrogens with one attached hydrogen (secondary N) is 1. The van der Waals surface area contributed by atoms with Crippen molar-refractivity contribution in [3.05, 3.63) is 45.9 Å². The minimum atomic E-state index is -0.119. The lowest BCUT2D eigenvalue weighted by Gasteiger charge is -2.22. The van der Waals surface area contributed by atoms with Gasteiger partial charge in [0.2, 0.25) is 0 Å². The van der Waals surface area contributed by atoms with Gasteiger partial charge < -0.3 is 9.88 Å². The number of hydrogen-bond donors (Lipinski definition) is 1. The Morgan fingerprint density at radius 2 is 1.96 bits per heavy atom. The zero-order chi connectivity index (χ0) is 18.5. The quantitative estimate of drug-likeness (QED) is 0.835. The van der Waals surface area contributed by atoms with Gasteiger partial charge in [0.25, 0.3) is 11.5 Å². The number of pyridine rings is 1. The van der Waals surface area contributed by atoms with Crippen LogP contribution in [0.25, 0.3) is 10.8 Å². The lowest BCUT2D eigenvalue weighted by Crippen LogP contribution is -2.35. The van der Waals surface area contributed by atoms with Gasteiger partial charge in [0.1, 0.15) is 5.69 Å². The molecule has 4 heteroatoms. The standard InChI is InChI=1S/C22H30N2O2/c1-3-4-12-24-20(21(25)23-15-17-8-6-5-7-9-17)14-18-11-10-16(2)13-19(18)22(24)26/h10-11,13-14,17H,3-9,12,15H2,1-2H3,(H,23,25). The summed E-state index contributed by atoms with van der Waals surface area (Å²) >= 11 is 0. The SMILES string of the molecule is CCCCn1c(C(=O)NCC2CCCCC2)cc2ccc(C)cc2c1=O. The summed E-state index contributed by atoms with van der Waals surface area (Å²) in [4.78, 5) is 25.9. The van der Waals surface area contributed by atoms with Gasteiger partial charge in [-0.05, 0) is 49.6 Å². The fraction of sp³-hybridized carbons (Fsp3) is 0.545. The molecule has 0 aliphatic heterocycles. The zero-order valence-corrected chi connectivity index (χ0v) is 16.0. The molecular formula is C22H30N2O2. The number of aromatic nitrogens is 1. The Labute approximate surface area is 155 Å². The number of hydrogen-bond acceptors (Lipinski definition) is 2.